The zero-order valence-electron chi connectivity index (χ0n) is 5.90. The predicted molar refractivity (Wildman–Crippen MR) is 38.4 cm³/mol. The molecule has 0 aliphatic heterocycles. The minimum absolute atomic E-state index is 0.351. The summed E-state index contributed by atoms with van der Waals surface area (Å²) in [6, 6.07) is 0.351. The molecular formula is C7H11N3. The van der Waals surface area contributed by atoms with Crippen LogP contribution < -0.4 is 0 Å². The van der Waals surface area contributed by atoms with Gasteiger partial charge in [-0.2, -0.15) is 0 Å². The van der Waals surface area contributed by atoms with Crippen molar-refractivity contribution in [3.05, 3.63) is 10.4 Å². The number of hydrogen-bond acceptors (Lipinski definition) is 1. The first kappa shape index (κ1) is 6.05. The molecule has 2 rings (SSSR count). The second kappa shape index (κ2) is 2.17. The second-order valence-corrected chi connectivity index (χ2v) is 3.45. The van der Waals surface area contributed by atoms with Crippen LogP contribution in [0.15, 0.2) is 5.11 Å². The van der Waals surface area contributed by atoms with Crippen molar-refractivity contribution in [3.63, 3.8) is 0 Å². The van der Waals surface area contributed by atoms with Crippen molar-refractivity contribution in [3.8, 4) is 0 Å². The molecule has 10 heavy (non-hydrogen) atoms. The third-order valence-corrected chi connectivity index (χ3v) is 2.90. The zero-order valence-corrected chi connectivity index (χ0v) is 5.90. The van der Waals surface area contributed by atoms with Gasteiger partial charge < -0.3 is 0 Å². The van der Waals surface area contributed by atoms with Crippen LogP contribution in [-0.2, 0) is 0 Å². The van der Waals surface area contributed by atoms with Gasteiger partial charge in [-0.25, -0.2) is 0 Å². The van der Waals surface area contributed by atoms with Gasteiger partial charge in [-0.05, 0) is 36.6 Å². The Balaban J connectivity index is 2.08. The fourth-order valence-corrected chi connectivity index (χ4v) is 2.42. The van der Waals surface area contributed by atoms with Crippen molar-refractivity contribution in [2.75, 3.05) is 0 Å². The lowest BCUT2D eigenvalue weighted by molar-refractivity contribution is 0.417. The molecule has 3 nitrogen and oxygen atoms in total. The van der Waals surface area contributed by atoms with E-state index in [2.05, 4.69) is 10.0 Å². The molecule has 0 heterocycles. The molecule has 0 spiro atoms. The first-order chi connectivity index (χ1) is 4.90. The average Bonchev–Trinajstić information content (AvgIpc) is 2.48. The fourth-order valence-electron chi connectivity index (χ4n) is 2.42. The molecule has 0 unspecified atom stereocenters. The molecule has 2 fully saturated rings. The van der Waals surface area contributed by atoms with Crippen LogP contribution in [0, 0.1) is 11.8 Å². The Morgan fingerprint density at radius 2 is 2.20 bits per heavy atom. The SMILES string of the molecule is [N-]=[N+]=N[C@H]1C[C@@H]2CC[C@H]1C2. The maximum atomic E-state index is 8.21. The molecule has 0 aromatic rings. The Morgan fingerprint density at radius 1 is 1.30 bits per heavy atom. The Labute approximate surface area is 60.1 Å². The van der Waals surface area contributed by atoms with Crippen LogP contribution in [0.3, 0.4) is 0 Å². The van der Waals surface area contributed by atoms with E-state index < -0.39 is 0 Å². The van der Waals surface area contributed by atoms with E-state index in [-0.39, 0.29) is 0 Å². The summed E-state index contributed by atoms with van der Waals surface area (Å²) in [5.41, 5.74) is 8.21. The summed E-state index contributed by atoms with van der Waals surface area (Å²) in [4.78, 5) is 2.86. The van der Waals surface area contributed by atoms with Gasteiger partial charge >= 0.3 is 0 Å². The van der Waals surface area contributed by atoms with Crippen LogP contribution in [0.1, 0.15) is 25.7 Å². The summed E-state index contributed by atoms with van der Waals surface area (Å²) >= 11 is 0. The van der Waals surface area contributed by atoms with E-state index in [4.69, 9.17) is 5.53 Å². The van der Waals surface area contributed by atoms with Gasteiger partial charge in [0, 0.05) is 11.0 Å². The molecular weight excluding hydrogens is 126 g/mol. The Bertz CT molecular complexity index is 183. The second-order valence-electron chi connectivity index (χ2n) is 3.45. The Kier molecular flexibility index (Phi) is 1.31. The first-order valence-electron chi connectivity index (χ1n) is 3.94. The molecule has 54 valence electrons. The summed E-state index contributed by atoms with van der Waals surface area (Å²) < 4.78 is 0. The zero-order chi connectivity index (χ0) is 6.97. The summed E-state index contributed by atoms with van der Waals surface area (Å²) in [7, 11) is 0. The normalized spacial score (nSPS) is 43.4. The maximum absolute atomic E-state index is 8.21. The molecule has 0 aromatic carbocycles. The van der Waals surface area contributed by atoms with Crippen LogP contribution in [0.25, 0.3) is 10.4 Å². The molecule has 2 bridgehead atoms. The van der Waals surface area contributed by atoms with Crippen molar-refractivity contribution in [1.29, 1.82) is 0 Å². The summed E-state index contributed by atoms with van der Waals surface area (Å²) in [6.45, 7) is 0. The number of rotatable bonds is 1. The highest BCUT2D eigenvalue weighted by molar-refractivity contribution is 4.94. The average molecular weight is 137 g/mol. The maximum Gasteiger partial charge on any atom is 0.0405 e. The molecule has 2 saturated carbocycles. The quantitative estimate of drug-likeness (QED) is 0.303. The van der Waals surface area contributed by atoms with E-state index in [1.165, 1.54) is 19.3 Å². The lowest BCUT2D eigenvalue weighted by atomic mass is 9.96. The van der Waals surface area contributed by atoms with E-state index in [9.17, 15) is 0 Å². The van der Waals surface area contributed by atoms with Gasteiger partial charge in [-0.15, -0.1) is 0 Å². The number of nitrogens with zero attached hydrogens (tertiary/aromatic N) is 3. The van der Waals surface area contributed by atoms with E-state index in [0.29, 0.717) is 6.04 Å². The molecule has 0 saturated heterocycles. The third-order valence-electron chi connectivity index (χ3n) is 2.90. The summed E-state index contributed by atoms with van der Waals surface area (Å²) in [6.07, 6.45) is 5.16. The van der Waals surface area contributed by atoms with Crippen LogP contribution in [0.5, 0.6) is 0 Å². The molecule has 2 aliphatic rings. The molecule has 0 radical (unpaired) electrons. The lowest BCUT2D eigenvalue weighted by Gasteiger charge is -2.15. The minimum atomic E-state index is 0.351. The Morgan fingerprint density at radius 3 is 2.70 bits per heavy atom. The van der Waals surface area contributed by atoms with Crippen LogP contribution in [-0.4, -0.2) is 6.04 Å². The van der Waals surface area contributed by atoms with Crippen molar-refractivity contribution >= 4 is 0 Å². The van der Waals surface area contributed by atoms with Gasteiger partial charge in [0.05, 0.1) is 0 Å². The van der Waals surface area contributed by atoms with Crippen molar-refractivity contribution in [2.45, 2.75) is 31.7 Å². The van der Waals surface area contributed by atoms with Crippen molar-refractivity contribution in [1.82, 2.24) is 0 Å². The largest absolute Gasteiger partial charge is 0.0903 e. The standard InChI is InChI=1S/C7H11N3/c8-10-9-7-4-5-1-2-6(7)3-5/h5-7H,1-4H2/t5-,6+,7+/m1/s1. The van der Waals surface area contributed by atoms with Crippen LogP contribution in [0.4, 0.5) is 0 Å². The number of fused-ring (bicyclic) bond motifs is 2. The van der Waals surface area contributed by atoms with Gasteiger partial charge in [-0.1, -0.05) is 11.5 Å². The molecule has 0 N–H and O–H groups in total. The highest BCUT2D eigenvalue weighted by Crippen LogP contribution is 2.45. The highest BCUT2D eigenvalue weighted by atomic mass is 15.2. The minimum Gasteiger partial charge on any atom is -0.0903 e. The van der Waals surface area contributed by atoms with Crippen molar-refractivity contribution in [2.24, 2.45) is 17.0 Å². The smallest absolute Gasteiger partial charge is 0.0405 e. The first-order valence-corrected chi connectivity index (χ1v) is 3.94. The van der Waals surface area contributed by atoms with E-state index >= 15 is 0 Å². The van der Waals surface area contributed by atoms with E-state index in [1.807, 2.05) is 0 Å². The van der Waals surface area contributed by atoms with Crippen LogP contribution in [0.2, 0.25) is 0 Å². The van der Waals surface area contributed by atoms with Gasteiger partial charge in [0.2, 0.25) is 0 Å². The van der Waals surface area contributed by atoms with Crippen molar-refractivity contribution < 1.29 is 0 Å². The molecule has 2 aliphatic carbocycles. The Hall–Kier alpha value is -0.690. The molecule has 0 aromatic heterocycles. The summed E-state index contributed by atoms with van der Waals surface area (Å²) in [5.74, 6) is 1.63. The van der Waals surface area contributed by atoms with Gasteiger partial charge in [-0.3, -0.25) is 0 Å². The van der Waals surface area contributed by atoms with E-state index in [0.717, 1.165) is 18.3 Å². The topological polar surface area (TPSA) is 48.8 Å². The highest BCUT2D eigenvalue weighted by Gasteiger charge is 2.38. The summed E-state index contributed by atoms with van der Waals surface area (Å²) in [5, 5.41) is 3.79. The van der Waals surface area contributed by atoms with E-state index in [1.54, 1.807) is 0 Å². The predicted octanol–water partition coefficient (Wildman–Crippen LogP) is 2.49. The van der Waals surface area contributed by atoms with Gasteiger partial charge in [0.25, 0.3) is 0 Å². The van der Waals surface area contributed by atoms with Gasteiger partial charge in [0.15, 0.2) is 0 Å². The molecule has 0 amide bonds. The molecule has 3 atom stereocenters. The van der Waals surface area contributed by atoms with Crippen LogP contribution >= 0.6 is 0 Å². The lowest BCUT2D eigenvalue weighted by Crippen LogP contribution is -2.12. The third kappa shape index (κ3) is 0.781. The number of hydrogen-bond donors (Lipinski definition) is 0. The van der Waals surface area contributed by atoms with Gasteiger partial charge in [0.1, 0.15) is 0 Å². The number of azide groups is 1. The monoisotopic (exact) mass is 137 g/mol. The molecule has 3 heteroatoms. The fraction of sp³-hybridized carbons (Fsp3) is 1.00.